The van der Waals surface area contributed by atoms with Gasteiger partial charge in [-0.05, 0) is 36.6 Å². The van der Waals surface area contributed by atoms with Crippen LogP contribution in [0.15, 0.2) is 23.0 Å². The summed E-state index contributed by atoms with van der Waals surface area (Å²) in [6, 6.07) is 4.79. The van der Waals surface area contributed by atoms with Crippen molar-refractivity contribution < 1.29 is 19.0 Å². The summed E-state index contributed by atoms with van der Waals surface area (Å²) in [6.07, 6.45) is 0.0755. The van der Waals surface area contributed by atoms with Gasteiger partial charge in [-0.15, -0.1) is 0 Å². The number of benzene rings is 1. The Morgan fingerprint density at radius 2 is 2.07 bits per heavy atom. The van der Waals surface area contributed by atoms with E-state index in [0.29, 0.717) is 34.8 Å². The summed E-state index contributed by atoms with van der Waals surface area (Å²) in [5.41, 5.74) is 2.10. The molecule has 2 aliphatic rings. The quantitative estimate of drug-likeness (QED) is 0.381. The summed E-state index contributed by atoms with van der Waals surface area (Å²) in [6.45, 7) is 3.47. The lowest BCUT2D eigenvalue weighted by Crippen LogP contribution is -2.44. The molecule has 0 spiro atoms. The van der Waals surface area contributed by atoms with Gasteiger partial charge in [0, 0.05) is 28.3 Å². The molecule has 0 radical (unpaired) electrons. The molecule has 154 valence electrons. The summed E-state index contributed by atoms with van der Waals surface area (Å²) in [4.78, 5) is 30.2. The van der Waals surface area contributed by atoms with Gasteiger partial charge in [0.1, 0.15) is 12.4 Å². The van der Waals surface area contributed by atoms with Crippen molar-refractivity contribution in [2.75, 3.05) is 0 Å². The van der Waals surface area contributed by atoms with Crippen LogP contribution < -0.4 is 5.56 Å². The molecule has 5 rings (SSSR count). The molecule has 0 aliphatic carbocycles. The fourth-order valence-electron chi connectivity index (χ4n) is 4.47. The number of thiol groups is 1. The standard InChI is InChI=1S/C22H19FN2O4S/c1-3-22(28)15-5-18-19-12(7-25(18)20(26)13(15)8-29-21(22)27)14(9-30)11-4-10(2)16(23)6-17(11)24-19/h4-6,28,30H,3,7-9H2,1-2H3/t22-/m0/s1. The third-order valence-electron chi connectivity index (χ3n) is 6.24. The first-order valence-corrected chi connectivity index (χ1v) is 10.3. The molecular formula is C22H19FN2O4S. The molecular weight excluding hydrogens is 407 g/mol. The number of aryl methyl sites for hydroxylation is 1. The number of aromatic nitrogens is 2. The Bertz CT molecular complexity index is 1330. The van der Waals surface area contributed by atoms with E-state index >= 15 is 0 Å². The molecule has 30 heavy (non-hydrogen) atoms. The van der Waals surface area contributed by atoms with E-state index in [1.807, 2.05) is 0 Å². The highest BCUT2D eigenvalue weighted by Crippen LogP contribution is 2.40. The van der Waals surface area contributed by atoms with Gasteiger partial charge in [-0.25, -0.2) is 14.2 Å². The van der Waals surface area contributed by atoms with Gasteiger partial charge in [0.25, 0.3) is 5.56 Å². The number of hydrogen-bond acceptors (Lipinski definition) is 6. The minimum absolute atomic E-state index is 0.0755. The fraction of sp³-hybridized carbons (Fsp3) is 0.318. The molecule has 2 aromatic heterocycles. The van der Waals surface area contributed by atoms with E-state index in [-0.39, 0.29) is 35.5 Å². The normalized spacial score (nSPS) is 19.4. The number of ether oxygens (including phenoxy) is 1. The van der Waals surface area contributed by atoms with Crippen LogP contribution >= 0.6 is 12.6 Å². The second-order valence-corrected chi connectivity index (χ2v) is 8.11. The molecule has 0 fully saturated rings. The monoisotopic (exact) mass is 426 g/mol. The molecule has 1 atom stereocenters. The number of carbonyl (C=O) groups is 1. The zero-order chi connectivity index (χ0) is 21.4. The predicted molar refractivity (Wildman–Crippen MR) is 112 cm³/mol. The predicted octanol–water partition coefficient (Wildman–Crippen LogP) is 2.96. The van der Waals surface area contributed by atoms with Gasteiger partial charge in [-0.1, -0.05) is 6.92 Å². The molecule has 0 amide bonds. The Labute approximate surface area is 176 Å². The molecule has 0 saturated carbocycles. The zero-order valence-corrected chi connectivity index (χ0v) is 17.3. The number of esters is 1. The van der Waals surface area contributed by atoms with E-state index in [4.69, 9.17) is 4.74 Å². The van der Waals surface area contributed by atoms with E-state index in [1.54, 1.807) is 30.5 Å². The van der Waals surface area contributed by atoms with Crippen LogP contribution in [-0.4, -0.2) is 20.6 Å². The van der Waals surface area contributed by atoms with Crippen LogP contribution in [0.1, 0.15) is 41.2 Å². The van der Waals surface area contributed by atoms with Gasteiger partial charge in [-0.2, -0.15) is 12.6 Å². The summed E-state index contributed by atoms with van der Waals surface area (Å²) >= 11 is 4.48. The van der Waals surface area contributed by atoms with Crippen molar-refractivity contribution in [1.29, 1.82) is 0 Å². The smallest absolute Gasteiger partial charge is 0.343 e. The van der Waals surface area contributed by atoms with E-state index in [1.165, 1.54) is 6.07 Å². The number of halogens is 1. The van der Waals surface area contributed by atoms with Crippen molar-refractivity contribution in [3.8, 4) is 11.4 Å². The maximum absolute atomic E-state index is 14.2. The van der Waals surface area contributed by atoms with Crippen LogP contribution in [0, 0.1) is 12.7 Å². The van der Waals surface area contributed by atoms with Crippen LogP contribution in [0.2, 0.25) is 0 Å². The molecule has 6 nitrogen and oxygen atoms in total. The first-order valence-electron chi connectivity index (χ1n) is 9.69. The minimum atomic E-state index is -1.88. The molecule has 3 aromatic rings. The van der Waals surface area contributed by atoms with E-state index < -0.39 is 11.6 Å². The number of aliphatic hydroxyl groups is 1. The highest BCUT2D eigenvalue weighted by molar-refractivity contribution is 7.79. The lowest BCUT2D eigenvalue weighted by Gasteiger charge is -2.31. The number of fused-ring (bicyclic) bond motifs is 5. The Hall–Kier alpha value is -2.71. The van der Waals surface area contributed by atoms with Gasteiger partial charge in [0.15, 0.2) is 5.60 Å². The van der Waals surface area contributed by atoms with Crippen LogP contribution in [0.3, 0.4) is 0 Å². The summed E-state index contributed by atoms with van der Waals surface area (Å²) in [7, 11) is 0. The van der Waals surface area contributed by atoms with Crippen LogP contribution in [0.25, 0.3) is 22.3 Å². The Kier molecular flexibility index (Phi) is 4.10. The van der Waals surface area contributed by atoms with Gasteiger partial charge < -0.3 is 14.4 Å². The molecule has 1 N–H and O–H groups in total. The van der Waals surface area contributed by atoms with Crippen molar-refractivity contribution in [2.24, 2.45) is 0 Å². The van der Waals surface area contributed by atoms with E-state index in [0.717, 1.165) is 16.5 Å². The van der Waals surface area contributed by atoms with Crippen LogP contribution in [0.4, 0.5) is 4.39 Å². The number of nitrogens with zero attached hydrogens (tertiary/aromatic N) is 2. The molecule has 0 bridgehead atoms. The van der Waals surface area contributed by atoms with Gasteiger partial charge >= 0.3 is 5.97 Å². The van der Waals surface area contributed by atoms with Crippen molar-refractivity contribution in [1.82, 2.24) is 9.55 Å². The molecule has 0 saturated heterocycles. The Morgan fingerprint density at radius 3 is 2.77 bits per heavy atom. The maximum Gasteiger partial charge on any atom is 0.343 e. The van der Waals surface area contributed by atoms with Crippen LogP contribution in [0.5, 0.6) is 0 Å². The number of cyclic esters (lactones) is 1. The molecule has 1 aromatic carbocycles. The summed E-state index contributed by atoms with van der Waals surface area (Å²) in [5, 5.41) is 11.7. The van der Waals surface area contributed by atoms with Crippen molar-refractivity contribution in [2.45, 2.75) is 44.8 Å². The second-order valence-electron chi connectivity index (χ2n) is 7.80. The average molecular weight is 426 g/mol. The number of carbonyl (C=O) groups excluding carboxylic acids is 1. The van der Waals surface area contributed by atoms with E-state index in [2.05, 4.69) is 17.6 Å². The Balaban J connectivity index is 1.84. The van der Waals surface area contributed by atoms with Gasteiger partial charge in [0.2, 0.25) is 0 Å². The molecule has 8 heteroatoms. The lowest BCUT2D eigenvalue weighted by atomic mass is 9.86. The number of hydrogen-bond donors (Lipinski definition) is 2. The molecule has 0 unspecified atom stereocenters. The van der Waals surface area contributed by atoms with Crippen molar-refractivity contribution in [3.05, 3.63) is 62.2 Å². The Morgan fingerprint density at radius 1 is 1.30 bits per heavy atom. The van der Waals surface area contributed by atoms with Crippen LogP contribution in [-0.2, 0) is 34.0 Å². The van der Waals surface area contributed by atoms with E-state index in [9.17, 15) is 19.1 Å². The largest absolute Gasteiger partial charge is 0.458 e. The number of rotatable bonds is 2. The summed E-state index contributed by atoms with van der Waals surface area (Å²) < 4.78 is 20.9. The molecule has 2 aliphatic heterocycles. The maximum atomic E-state index is 14.2. The van der Waals surface area contributed by atoms with Crippen molar-refractivity contribution in [3.63, 3.8) is 0 Å². The molecule has 4 heterocycles. The second kappa shape index (κ2) is 6.39. The van der Waals surface area contributed by atoms with Crippen molar-refractivity contribution >= 4 is 29.5 Å². The fourth-order valence-corrected chi connectivity index (χ4v) is 4.83. The third-order valence-corrected chi connectivity index (χ3v) is 6.56. The summed E-state index contributed by atoms with van der Waals surface area (Å²) in [5.74, 6) is -0.723. The topological polar surface area (TPSA) is 81.4 Å². The minimum Gasteiger partial charge on any atom is -0.458 e. The lowest BCUT2D eigenvalue weighted by molar-refractivity contribution is -0.172. The zero-order valence-electron chi connectivity index (χ0n) is 16.5. The number of pyridine rings is 2. The van der Waals surface area contributed by atoms with Gasteiger partial charge in [-0.3, -0.25) is 4.79 Å². The third kappa shape index (κ3) is 2.37. The first-order chi connectivity index (χ1) is 14.3. The SMILES string of the molecule is CC[C@@]1(O)C(=O)OCc2c1cc1n(c2=O)Cc2c-1nc1cc(F)c(C)cc1c2CS. The van der Waals surface area contributed by atoms with Gasteiger partial charge in [0.05, 0.1) is 29.0 Å². The first kappa shape index (κ1) is 19.3. The average Bonchev–Trinajstić information content (AvgIpc) is 3.09. The highest BCUT2D eigenvalue weighted by Gasteiger charge is 2.45. The highest BCUT2D eigenvalue weighted by atomic mass is 32.1.